The maximum absolute atomic E-state index is 6.86. The first-order valence-electron chi connectivity index (χ1n) is 33.0. The molecule has 452 valence electrons. The van der Waals surface area contributed by atoms with Crippen molar-refractivity contribution in [1.29, 1.82) is 0 Å². The molecule has 5 nitrogen and oxygen atoms in total. The minimum Gasteiger partial charge on any atom is -0.455 e. The number of fused-ring (bicyclic) bond motifs is 13. The molecule has 0 spiro atoms. The van der Waals surface area contributed by atoms with E-state index in [0.29, 0.717) is 0 Å². The molecule has 0 fully saturated rings. The van der Waals surface area contributed by atoms with Crippen LogP contribution in [0.2, 0.25) is 0 Å². The summed E-state index contributed by atoms with van der Waals surface area (Å²) in [5.41, 5.74) is 30.4. The van der Waals surface area contributed by atoms with Gasteiger partial charge in [0.25, 0.3) is 6.71 Å². The van der Waals surface area contributed by atoms with Gasteiger partial charge in [0.15, 0.2) is 0 Å². The third-order valence-corrected chi connectivity index (χ3v) is 20.5. The van der Waals surface area contributed by atoms with Crippen molar-refractivity contribution in [3.63, 3.8) is 0 Å². The van der Waals surface area contributed by atoms with E-state index >= 15 is 0 Å². The number of benzene rings is 12. The molecule has 4 heterocycles. The molecular weight excluding hydrogens is 1130 g/mol. The molecule has 93 heavy (non-hydrogen) atoms. The van der Waals surface area contributed by atoms with Gasteiger partial charge < -0.3 is 23.5 Å². The zero-order valence-corrected chi connectivity index (χ0v) is 54.9. The lowest BCUT2D eigenvalue weighted by molar-refractivity contribution is 0.590. The van der Waals surface area contributed by atoms with Crippen molar-refractivity contribution in [1.82, 2.24) is 0 Å². The minimum atomic E-state index is -0.234. The Bertz CT molecular complexity index is 5320. The Balaban J connectivity index is 0.935. The lowest BCUT2D eigenvalue weighted by atomic mass is 9.33. The van der Waals surface area contributed by atoms with Crippen LogP contribution < -0.4 is 31.1 Å². The lowest BCUT2D eigenvalue weighted by Crippen LogP contribution is -2.61. The van der Waals surface area contributed by atoms with E-state index in [1.807, 2.05) is 6.07 Å². The molecule has 0 atom stereocenters. The number of para-hydroxylation sites is 4. The van der Waals surface area contributed by atoms with Crippen LogP contribution in [0.1, 0.15) is 104 Å². The number of furan rings is 2. The first-order valence-corrected chi connectivity index (χ1v) is 33.0. The number of rotatable bonds is 7. The SMILES string of the molecule is CC(C)(C)c1ccc(N(c2ccc(C(C)(C)C)cc2)c2ccc3c(c2)N(c2ccc4c(c2)C(C)(C)c2ccccc2-4)c2cc(C(C)(C)C)cc4c2B3c2cc(-c3cccc5c3oc3ccccc35)ccc2N4c2ccc(-c3cccc4c3oc3ccccc34)cc2)cc1. The van der Waals surface area contributed by atoms with Gasteiger partial charge in [-0.25, -0.2) is 0 Å². The van der Waals surface area contributed by atoms with Crippen molar-refractivity contribution in [3.05, 3.63) is 277 Å². The molecule has 0 saturated heterocycles. The van der Waals surface area contributed by atoms with E-state index < -0.39 is 0 Å². The molecule has 0 N–H and O–H groups in total. The van der Waals surface area contributed by atoms with E-state index in [1.165, 1.54) is 66.7 Å². The highest BCUT2D eigenvalue weighted by molar-refractivity contribution is 7.00. The van der Waals surface area contributed by atoms with Crippen LogP contribution in [0, 0.1) is 0 Å². The Labute approximate surface area is 546 Å². The van der Waals surface area contributed by atoms with Crippen molar-refractivity contribution < 1.29 is 8.83 Å². The molecule has 2 aromatic heterocycles. The van der Waals surface area contributed by atoms with Crippen LogP contribution in [-0.2, 0) is 21.7 Å². The second-order valence-corrected chi connectivity index (χ2v) is 29.7. The smallest absolute Gasteiger partial charge is 0.252 e. The van der Waals surface area contributed by atoms with Crippen molar-refractivity contribution >= 4 is 118 Å². The number of nitrogens with zero attached hydrogens (tertiary/aromatic N) is 3. The first-order chi connectivity index (χ1) is 44.8. The predicted molar refractivity (Wildman–Crippen MR) is 394 cm³/mol. The summed E-state index contributed by atoms with van der Waals surface area (Å²) in [6.07, 6.45) is 0. The summed E-state index contributed by atoms with van der Waals surface area (Å²) >= 11 is 0. The topological polar surface area (TPSA) is 36.0 Å². The van der Waals surface area contributed by atoms with E-state index in [2.05, 4.69) is 334 Å². The molecule has 0 radical (unpaired) electrons. The highest BCUT2D eigenvalue weighted by Crippen LogP contribution is 2.54. The van der Waals surface area contributed by atoms with Gasteiger partial charge in [-0.1, -0.05) is 234 Å². The Hall–Kier alpha value is -10.3. The second-order valence-electron chi connectivity index (χ2n) is 29.7. The van der Waals surface area contributed by atoms with Crippen molar-refractivity contribution in [3.8, 4) is 33.4 Å². The molecule has 17 rings (SSSR count). The van der Waals surface area contributed by atoms with Gasteiger partial charge in [0.1, 0.15) is 22.3 Å². The number of hydrogen-bond acceptors (Lipinski definition) is 5. The standard InChI is InChI=1S/C87H74BN3O2/c1-84(2,3)55-33-39-58(40-34-55)89(59-41-35-56(36-42-59)85(4,5)6)62-44-46-73-76(52-62)91(61-43-45-66-65-20-12-15-27-71(65)87(10,11)72(66)51-61)78-50-57(86(7,8)9)49-77-81(78)88(73)74-48-54(64-24-19-26-70-68-22-14-17-29-80(68)93-83(64)70)32-47-75(74)90(77)60-37-30-53(31-38-60)63-23-18-25-69-67-21-13-16-28-79(67)92-82(63)69/h12-52H,1-11H3. The van der Waals surface area contributed by atoms with Gasteiger partial charge >= 0.3 is 0 Å². The maximum atomic E-state index is 6.86. The van der Waals surface area contributed by atoms with Crippen molar-refractivity contribution in [2.75, 3.05) is 14.7 Å². The molecule has 2 aliphatic heterocycles. The van der Waals surface area contributed by atoms with Gasteiger partial charge in [0, 0.05) is 89.3 Å². The molecule has 1 aliphatic carbocycles. The largest absolute Gasteiger partial charge is 0.455 e. The minimum absolute atomic E-state index is 0.00680. The summed E-state index contributed by atoms with van der Waals surface area (Å²) in [5.74, 6) is 0. The first kappa shape index (κ1) is 56.7. The zero-order valence-electron chi connectivity index (χ0n) is 54.9. The van der Waals surface area contributed by atoms with Gasteiger partial charge in [-0.3, -0.25) is 0 Å². The van der Waals surface area contributed by atoms with E-state index in [4.69, 9.17) is 8.83 Å². The molecule has 6 heteroatoms. The van der Waals surface area contributed by atoms with Crippen LogP contribution in [0.4, 0.5) is 51.2 Å². The molecule has 0 bridgehead atoms. The monoisotopic (exact) mass is 1200 g/mol. The van der Waals surface area contributed by atoms with Gasteiger partial charge in [-0.05, 0) is 174 Å². The third-order valence-electron chi connectivity index (χ3n) is 20.5. The summed E-state index contributed by atoms with van der Waals surface area (Å²) in [5, 5.41) is 4.47. The average Bonchev–Trinajstić information content (AvgIpc) is 1.31. The highest BCUT2D eigenvalue weighted by Gasteiger charge is 2.46. The van der Waals surface area contributed by atoms with E-state index in [0.717, 1.165) is 106 Å². The third kappa shape index (κ3) is 8.88. The van der Waals surface area contributed by atoms with E-state index in [9.17, 15) is 0 Å². The van der Waals surface area contributed by atoms with Gasteiger partial charge in [0.05, 0.1) is 0 Å². The van der Waals surface area contributed by atoms with Gasteiger partial charge in [-0.2, -0.15) is 0 Å². The fraction of sp³-hybridized carbons (Fsp3) is 0.172. The molecule has 12 aromatic carbocycles. The van der Waals surface area contributed by atoms with Crippen molar-refractivity contribution in [2.24, 2.45) is 0 Å². The Morgan fingerprint density at radius 3 is 1.42 bits per heavy atom. The quantitative estimate of drug-likeness (QED) is 0.149. The average molecular weight is 1200 g/mol. The summed E-state index contributed by atoms with van der Waals surface area (Å²) < 4.78 is 13.5. The molecule has 0 amide bonds. The van der Waals surface area contributed by atoms with Crippen LogP contribution >= 0.6 is 0 Å². The van der Waals surface area contributed by atoms with Crippen molar-refractivity contribution in [2.45, 2.75) is 97.8 Å². The fourth-order valence-electron chi connectivity index (χ4n) is 15.5. The lowest BCUT2D eigenvalue weighted by Gasteiger charge is -2.45. The summed E-state index contributed by atoms with van der Waals surface area (Å²) in [6.45, 7) is 25.5. The van der Waals surface area contributed by atoms with Crippen LogP contribution in [0.5, 0.6) is 0 Å². The molecule has 14 aromatic rings. The Morgan fingerprint density at radius 1 is 0.344 bits per heavy atom. The summed E-state index contributed by atoms with van der Waals surface area (Å²) in [6, 6.07) is 93.5. The number of hydrogen-bond donors (Lipinski definition) is 0. The van der Waals surface area contributed by atoms with E-state index in [-0.39, 0.29) is 28.4 Å². The van der Waals surface area contributed by atoms with Crippen LogP contribution in [0.15, 0.2) is 258 Å². The highest BCUT2D eigenvalue weighted by atomic mass is 16.3. The van der Waals surface area contributed by atoms with E-state index in [1.54, 1.807) is 0 Å². The van der Waals surface area contributed by atoms with Gasteiger partial charge in [-0.15, -0.1) is 0 Å². The van der Waals surface area contributed by atoms with Crippen LogP contribution in [-0.4, -0.2) is 6.71 Å². The second kappa shape index (κ2) is 20.4. The Morgan fingerprint density at radius 2 is 0.828 bits per heavy atom. The van der Waals surface area contributed by atoms with Crippen LogP contribution in [0.25, 0.3) is 77.3 Å². The molecular formula is C87H74BN3O2. The fourth-order valence-corrected chi connectivity index (χ4v) is 15.5. The molecule has 0 saturated carbocycles. The van der Waals surface area contributed by atoms with Crippen LogP contribution in [0.3, 0.4) is 0 Å². The predicted octanol–water partition coefficient (Wildman–Crippen LogP) is 22.6. The normalized spacial score (nSPS) is 14.0. The maximum Gasteiger partial charge on any atom is 0.252 e. The summed E-state index contributed by atoms with van der Waals surface area (Å²) in [4.78, 5) is 7.65. The molecule has 3 aliphatic rings. The summed E-state index contributed by atoms with van der Waals surface area (Å²) in [7, 11) is 0. The van der Waals surface area contributed by atoms with Gasteiger partial charge in [0.2, 0.25) is 0 Å². The molecule has 0 unspecified atom stereocenters. The number of anilines is 9. The Kier molecular flexibility index (Phi) is 12.4. The zero-order chi connectivity index (χ0) is 63.6.